The van der Waals surface area contributed by atoms with E-state index in [9.17, 15) is 14.4 Å². The molecular formula is C27H41BrO5. The maximum atomic E-state index is 14.1. The first-order valence-corrected chi connectivity index (χ1v) is 13.9. The summed E-state index contributed by atoms with van der Waals surface area (Å²) in [6.07, 6.45) is 8.62. The molecular weight excluding hydrogens is 484 g/mol. The molecule has 0 radical (unpaired) electrons. The number of ether oxygens (including phenoxy) is 2. The van der Waals surface area contributed by atoms with Crippen LogP contribution in [-0.2, 0) is 23.9 Å². The maximum absolute atomic E-state index is 14.1. The minimum atomic E-state index is -0.316. The van der Waals surface area contributed by atoms with Gasteiger partial charge in [-0.3, -0.25) is 14.4 Å². The molecule has 6 heteroatoms. The molecule has 0 amide bonds. The fourth-order valence-electron chi connectivity index (χ4n) is 8.92. The van der Waals surface area contributed by atoms with Gasteiger partial charge in [-0.15, -0.1) is 0 Å². The van der Waals surface area contributed by atoms with Crippen molar-refractivity contribution in [2.24, 2.45) is 46.3 Å². The quantitative estimate of drug-likeness (QED) is 0.339. The van der Waals surface area contributed by atoms with Crippen molar-refractivity contribution < 1.29 is 23.9 Å². The SMILES string of the molecule is COC(=O)CC[C@@H](C)[C@@H]1CC[C@@H]2[C@@H]3CC[C@@H]4C[C@H](OC(C)=O)CC[C@]4(C)[C@@H]3[C@H](Br)C(=O)[C@@]21C. The Bertz CT molecular complexity index is 797. The Hall–Kier alpha value is -0.910. The van der Waals surface area contributed by atoms with E-state index in [1.807, 2.05) is 0 Å². The van der Waals surface area contributed by atoms with Crippen LogP contribution in [0.1, 0.15) is 85.5 Å². The van der Waals surface area contributed by atoms with E-state index >= 15 is 0 Å². The molecule has 4 fully saturated rings. The Morgan fingerprint density at radius 1 is 1.15 bits per heavy atom. The number of hydrogen-bond donors (Lipinski definition) is 0. The monoisotopic (exact) mass is 524 g/mol. The maximum Gasteiger partial charge on any atom is 0.305 e. The number of hydrogen-bond acceptors (Lipinski definition) is 5. The first-order chi connectivity index (χ1) is 15.5. The van der Waals surface area contributed by atoms with E-state index < -0.39 is 0 Å². The van der Waals surface area contributed by atoms with E-state index in [-0.39, 0.29) is 33.7 Å². The van der Waals surface area contributed by atoms with E-state index in [1.54, 1.807) is 0 Å². The molecule has 0 N–H and O–H groups in total. The second-order valence-electron chi connectivity index (χ2n) is 11.9. The lowest BCUT2D eigenvalue weighted by Gasteiger charge is -2.62. The fourth-order valence-corrected chi connectivity index (χ4v) is 10.4. The van der Waals surface area contributed by atoms with Crippen LogP contribution in [0.15, 0.2) is 0 Å². The number of fused-ring (bicyclic) bond motifs is 5. The van der Waals surface area contributed by atoms with Gasteiger partial charge in [0.25, 0.3) is 0 Å². The standard InChI is InChI=1S/C27H41BrO5/c1-15(6-11-22(30)32-5)20-9-10-21-19-8-7-17-14-18(33-16(2)29)12-13-26(17,3)23(19)24(28)25(31)27(20,21)4/h15,17-21,23-24H,6-14H2,1-5H3/t15-,17-,18-,19+,20+,21-,23+,24+,26+,27-/m1/s1. The van der Waals surface area contributed by atoms with Crippen molar-refractivity contribution in [2.75, 3.05) is 7.11 Å². The molecule has 0 aliphatic heterocycles. The fraction of sp³-hybridized carbons (Fsp3) is 0.889. The summed E-state index contributed by atoms with van der Waals surface area (Å²) in [7, 11) is 1.44. The summed E-state index contributed by atoms with van der Waals surface area (Å²) in [6, 6.07) is 0. The zero-order valence-corrected chi connectivity index (χ0v) is 22.5. The van der Waals surface area contributed by atoms with Gasteiger partial charge in [0.15, 0.2) is 5.78 Å². The van der Waals surface area contributed by atoms with Crippen LogP contribution in [0.4, 0.5) is 0 Å². The van der Waals surface area contributed by atoms with Crippen molar-refractivity contribution in [2.45, 2.75) is 96.4 Å². The molecule has 0 saturated heterocycles. The molecule has 0 bridgehead atoms. The molecule has 0 aromatic heterocycles. The van der Waals surface area contributed by atoms with Crippen LogP contribution in [0, 0.1) is 46.3 Å². The van der Waals surface area contributed by atoms with E-state index in [0.717, 1.165) is 44.9 Å². The second-order valence-corrected chi connectivity index (χ2v) is 12.9. The van der Waals surface area contributed by atoms with Gasteiger partial charge in [0, 0.05) is 18.8 Å². The normalized spacial score (nSPS) is 45.4. The van der Waals surface area contributed by atoms with Crippen molar-refractivity contribution in [1.82, 2.24) is 0 Å². The Balaban J connectivity index is 1.55. The minimum Gasteiger partial charge on any atom is -0.469 e. The van der Waals surface area contributed by atoms with Gasteiger partial charge in [0.2, 0.25) is 0 Å². The first kappa shape index (κ1) is 25.2. The lowest BCUT2D eigenvalue weighted by molar-refractivity contribution is -0.165. The molecule has 0 spiro atoms. The largest absolute Gasteiger partial charge is 0.469 e. The van der Waals surface area contributed by atoms with Crippen LogP contribution in [0.5, 0.6) is 0 Å². The van der Waals surface area contributed by atoms with Crippen molar-refractivity contribution in [1.29, 1.82) is 0 Å². The predicted octanol–water partition coefficient (Wildman–Crippen LogP) is 5.72. The number of esters is 2. The van der Waals surface area contributed by atoms with Crippen molar-refractivity contribution in [3.8, 4) is 0 Å². The number of ketones is 1. The van der Waals surface area contributed by atoms with Gasteiger partial charge < -0.3 is 9.47 Å². The highest BCUT2D eigenvalue weighted by atomic mass is 79.9. The molecule has 4 aliphatic carbocycles. The topological polar surface area (TPSA) is 69.7 Å². The Labute approximate surface area is 207 Å². The number of Topliss-reactive ketones (excluding diaryl/α,β-unsaturated/α-hetero) is 1. The zero-order valence-electron chi connectivity index (χ0n) is 20.9. The van der Waals surface area contributed by atoms with E-state index in [1.165, 1.54) is 20.5 Å². The molecule has 4 aliphatic rings. The van der Waals surface area contributed by atoms with Gasteiger partial charge in [-0.25, -0.2) is 0 Å². The number of methoxy groups -OCH3 is 1. The number of alkyl halides is 1. The molecule has 0 unspecified atom stereocenters. The summed E-state index contributed by atoms with van der Waals surface area (Å²) < 4.78 is 10.4. The smallest absolute Gasteiger partial charge is 0.305 e. The van der Waals surface area contributed by atoms with Crippen molar-refractivity contribution in [3.63, 3.8) is 0 Å². The summed E-state index contributed by atoms with van der Waals surface area (Å²) >= 11 is 3.96. The van der Waals surface area contributed by atoms with Crippen molar-refractivity contribution >= 4 is 33.7 Å². The summed E-state index contributed by atoms with van der Waals surface area (Å²) in [5.41, 5.74) is -0.206. The lowest BCUT2D eigenvalue weighted by atomic mass is 9.44. The lowest BCUT2D eigenvalue weighted by Crippen LogP contribution is -2.62. The first-order valence-electron chi connectivity index (χ1n) is 13.0. The number of halogens is 1. The molecule has 10 atom stereocenters. The van der Waals surface area contributed by atoms with Gasteiger partial charge in [0.1, 0.15) is 6.10 Å². The van der Waals surface area contributed by atoms with E-state index in [4.69, 9.17) is 9.47 Å². The predicted molar refractivity (Wildman–Crippen MR) is 130 cm³/mol. The highest BCUT2D eigenvalue weighted by Crippen LogP contribution is 2.68. The highest BCUT2D eigenvalue weighted by molar-refractivity contribution is 9.10. The van der Waals surface area contributed by atoms with Crippen molar-refractivity contribution in [3.05, 3.63) is 0 Å². The summed E-state index contributed by atoms with van der Waals surface area (Å²) in [5.74, 6) is 2.54. The Kier molecular flexibility index (Phi) is 7.08. The molecule has 0 aromatic carbocycles. The summed E-state index contributed by atoms with van der Waals surface area (Å²) in [6.45, 7) is 8.37. The molecule has 0 heterocycles. The number of rotatable bonds is 5. The Morgan fingerprint density at radius 3 is 2.55 bits per heavy atom. The third kappa shape index (κ3) is 4.10. The average molecular weight is 526 g/mol. The summed E-state index contributed by atoms with van der Waals surface area (Å²) in [5, 5.41) is 0. The molecule has 186 valence electrons. The van der Waals surface area contributed by atoms with E-state index in [2.05, 4.69) is 36.7 Å². The van der Waals surface area contributed by atoms with Gasteiger partial charge in [-0.05, 0) is 92.3 Å². The van der Waals surface area contributed by atoms with Gasteiger partial charge >= 0.3 is 11.9 Å². The number of carbonyl (C=O) groups is 3. The zero-order chi connectivity index (χ0) is 24.1. The average Bonchev–Trinajstić information content (AvgIpc) is 3.13. The second kappa shape index (κ2) is 9.28. The van der Waals surface area contributed by atoms with Crippen LogP contribution < -0.4 is 0 Å². The molecule has 0 aromatic rings. The van der Waals surface area contributed by atoms with E-state index in [0.29, 0.717) is 47.7 Å². The summed E-state index contributed by atoms with van der Waals surface area (Å²) in [4.78, 5) is 37.2. The van der Waals surface area contributed by atoms with Crippen LogP contribution in [0.25, 0.3) is 0 Å². The molecule has 33 heavy (non-hydrogen) atoms. The number of carbonyl (C=O) groups excluding carboxylic acids is 3. The molecule has 4 rings (SSSR count). The van der Waals surface area contributed by atoms with Gasteiger partial charge in [0.05, 0.1) is 11.9 Å². The Morgan fingerprint density at radius 2 is 1.88 bits per heavy atom. The highest BCUT2D eigenvalue weighted by Gasteiger charge is 2.66. The van der Waals surface area contributed by atoms with Gasteiger partial charge in [-0.1, -0.05) is 36.7 Å². The molecule has 4 saturated carbocycles. The van der Waals surface area contributed by atoms with Crippen LogP contribution in [0.3, 0.4) is 0 Å². The molecule has 5 nitrogen and oxygen atoms in total. The third-order valence-corrected chi connectivity index (χ3v) is 11.5. The van der Waals surface area contributed by atoms with Crippen LogP contribution >= 0.6 is 15.9 Å². The van der Waals surface area contributed by atoms with Crippen LogP contribution in [-0.4, -0.2) is 35.8 Å². The van der Waals surface area contributed by atoms with Gasteiger partial charge in [-0.2, -0.15) is 0 Å². The minimum absolute atomic E-state index is 0.0296. The third-order valence-electron chi connectivity index (χ3n) is 10.5. The van der Waals surface area contributed by atoms with Crippen LogP contribution in [0.2, 0.25) is 0 Å².